The summed E-state index contributed by atoms with van der Waals surface area (Å²) < 4.78 is 6.32. The molecule has 1 saturated carbocycles. The van der Waals surface area contributed by atoms with Gasteiger partial charge in [-0.15, -0.1) is 0 Å². The average Bonchev–Trinajstić information content (AvgIpc) is 3.02. The fraction of sp³-hybridized carbons (Fsp3) is 0.941. The van der Waals surface area contributed by atoms with E-state index >= 15 is 0 Å². The largest absolute Gasteiger partial charge is 0.362 e. The summed E-state index contributed by atoms with van der Waals surface area (Å²) in [5, 5.41) is 0. The zero-order valence-corrected chi connectivity index (χ0v) is 13.1. The first-order chi connectivity index (χ1) is 10.2. The molecule has 0 aromatic rings. The Morgan fingerprint density at radius 1 is 1.00 bits per heavy atom. The number of carbonyl (C=O) groups is 1. The molecule has 3 aliphatic heterocycles. The van der Waals surface area contributed by atoms with Crippen molar-refractivity contribution in [2.24, 2.45) is 5.92 Å². The van der Waals surface area contributed by atoms with Gasteiger partial charge >= 0.3 is 0 Å². The monoisotopic (exact) mass is 292 g/mol. The highest BCUT2D eigenvalue weighted by Gasteiger charge is 2.46. The van der Waals surface area contributed by atoms with Crippen molar-refractivity contribution in [2.45, 2.75) is 63.1 Å². The zero-order chi connectivity index (χ0) is 14.3. The second kappa shape index (κ2) is 5.54. The molecular weight excluding hydrogens is 264 g/mol. The Labute approximate surface area is 127 Å². The fourth-order valence-electron chi connectivity index (χ4n) is 4.31. The molecular formula is C17H28N2O2. The van der Waals surface area contributed by atoms with Crippen molar-refractivity contribution in [1.29, 1.82) is 0 Å². The minimum atomic E-state index is -0.141. The van der Waals surface area contributed by atoms with E-state index in [4.69, 9.17) is 4.74 Å². The van der Waals surface area contributed by atoms with E-state index in [9.17, 15) is 4.79 Å². The lowest BCUT2D eigenvalue weighted by Gasteiger charge is -2.39. The van der Waals surface area contributed by atoms with Crippen molar-refractivity contribution in [3.8, 4) is 0 Å². The Hall–Kier alpha value is -0.610. The molecule has 0 aromatic carbocycles. The number of ether oxygens (including phenoxy) is 1. The summed E-state index contributed by atoms with van der Waals surface area (Å²) in [7, 11) is 0. The van der Waals surface area contributed by atoms with Gasteiger partial charge in [0.1, 0.15) is 6.10 Å². The van der Waals surface area contributed by atoms with Crippen LogP contribution in [-0.2, 0) is 9.53 Å². The van der Waals surface area contributed by atoms with Crippen LogP contribution in [0.2, 0.25) is 0 Å². The van der Waals surface area contributed by atoms with Crippen LogP contribution >= 0.6 is 0 Å². The highest BCUT2D eigenvalue weighted by molar-refractivity contribution is 5.81. The molecule has 21 heavy (non-hydrogen) atoms. The predicted molar refractivity (Wildman–Crippen MR) is 81.1 cm³/mol. The first kappa shape index (κ1) is 14.0. The van der Waals surface area contributed by atoms with Crippen molar-refractivity contribution in [3.05, 3.63) is 0 Å². The van der Waals surface area contributed by atoms with Gasteiger partial charge in [-0.3, -0.25) is 4.79 Å². The molecule has 1 aliphatic carbocycles. The Morgan fingerprint density at radius 2 is 1.71 bits per heavy atom. The quantitative estimate of drug-likeness (QED) is 0.798. The van der Waals surface area contributed by atoms with Crippen molar-refractivity contribution >= 4 is 5.91 Å². The second-order valence-electron chi connectivity index (χ2n) is 7.60. The average molecular weight is 292 g/mol. The molecule has 4 heteroatoms. The standard InChI is InChI=1S/C17H28N2O2/c20-16(19-9-1-2-10-19)15-5-6-17(21-15)7-11-18(12-8-17)13-14-3-4-14/h14-15H,1-13H2. The van der Waals surface area contributed by atoms with E-state index in [0.29, 0.717) is 0 Å². The Balaban J connectivity index is 1.30. The van der Waals surface area contributed by atoms with Gasteiger partial charge in [0.05, 0.1) is 5.60 Å². The van der Waals surface area contributed by atoms with Crippen LogP contribution in [-0.4, -0.2) is 60.1 Å². The molecule has 1 amide bonds. The van der Waals surface area contributed by atoms with Crippen LogP contribution in [0.4, 0.5) is 0 Å². The maximum atomic E-state index is 12.5. The molecule has 4 aliphatic rings. The molecule has 3 saturated heterocycles. The summed E-state index contributed by atoms with van der Waals surface area (Å²) >= 11 is 0. The summed E-state index contributed by atoms with van der Waals surface area (Å²) in [5.41, 5.74) is 0.0279. The van der Waals surface area contributed by atoms with Gasteiger partial charge in [0.2, 0.25) is 0 Å². The van der Waals surface area contributed by atoms with Crippen molar-refractivity contribution < 1.29 is 9.53 Å². The SMILES string of the molecule is O=C(C1CCC2(CCN(CC3CC3)CC2)O1)N1CCCC1. The van der Waals surface area contributed by atoms with Gasteiger partial charge < -0.3 is 14.5 Å². The van der Waals surface area contributed by atoms with Crippen molar-refractivity contribution in [2.75, 3.05) is 32.7 Å². The molecule has 1 unspecified atom stereocenters. The van der Waals surface area contributed by atoms with Crippen LogP contribution in [0.15, 0.2) is 0 Å². The molecule has 0 bridgehead atoms. The molecule has 4 rings (SSSR count). The van der Waals surface area contributed by atoms with Gasteiger partial charge in [-0.2, -0.15) is 0 Å². The maximum absolute atomic E-state index is 12.5. The van der Waals surface area contributed by atoms with Gasteiger partial charge in [-0.1, -0.05) is 0 Å². The molecule has 0 N–H and O–H groups in total. The smallest absolute Gasteiger partial charge is 0.251 e. The third kappa shape index (κ3) is 2.98. The first-order valence-corrected chi connectivity index (χ1v) is 8.93. The van der Waals surface area contributed by atoms with E-state index in [2.05, 4.69) is 4.90 Å². The van der Waals surface area contributed by atoms with Gasteiger partial charge in [0.25, 0.3) is 5.91 Å². The number of likely N-dealkylation sites (tertiary alicyclic amines) is 2. The number of hydrogen-bond donors (Lipinski definition) is 0. The summed E-state index contributed by atoms with van der Waals surface area (Å²) in [6.07, 6.45) is 9.35. The van der Waals surface area contributed by atoms with Crippen LogP contribution in [0.1, 0.15) is 51.4 Å². The minimum Gasteiger partial charge on any atom is -0.362 e. The summed E-state index contributed by atoms with van der Waals surface area (Å²) in [5.74, 6) is 1.25. The first-order valence-electron chi connectivity index (χ1n) is 8.93. The number of piperidine rings is 1. The van der Waals surface area contributed by atoms with Gasteiger partial charge in [-0.25, -0.2) is 0 Å². The van der Waals surface area contributed by atoms with Crippen LogP contribution in [0.25, 0.3) is 0 Å². The maximum Gasteiger partial charge on any atom is 0.251 e. The summed E-state index contributed by atoms with van der Waals surface area (Å²) in [6.45, 7) is 5.52. The highest BCUT2D eigenvalue weighted by Crippen LogP contribution is 2.40. The molecule has 1 atom stereocenters. The van der Waals surface area contributed by atoms with Crippen LogP contribution in [0.5, 0.6) is 0 Å². The van der Waals surface area contributed by atoms with E-state index < -0.39 is 0 Å². The lowest BCUT2D eigenvalue weighted by atomic mass is 9.88. The normalized spacial score (nSPS) is 33.0. The van der Waals surface area contributed by atoms with Crippen LogP contribution in [0, 0.1) is 5.92 Å². The van der Waals surface area contributed by atoms with Crippen LogP contribution < -0.4 is 0 Å². The third-order valence-electron chi connectivity index (χ3n) is 5.93. The van der Waals surface area contributed by atoms with Gasteiger partial charge in [0.15, 0.2) is 0 Å². The molecule has 4 fully saturated rings. The highest BCUT2D eigenvalue weighted by atomic mass is 16.5. The van der Waals surface area contributed by atoms with Crippen LogP contribution in [0.3, 0.4) is 0 Å². The van der Waals surface area contributed by atoms with Crippen molar-refractivity contribution in [1.82, 2.24) is 9.80 Å². The number of nitrogens with zero attached hydrogens (tertiary/aromatic N) is 2. The Bertz CT molecular complexity index is 394. The summed E-state index contributed by atoms with van der Waals surface area (Å²) in [4.78, 5) is 17.1. The lowest BCUT2D eigenvalue weighted by Crippen LogP contribution is -2.46. The van der Waals surface area contributed by atoms with Crippen molar-refractivity contribution in [3.63, 3.8) is 0 Å². The molecule has 4 nitrogen and oxygen atoms in total. The minimum absolute atomic E-state index is 0.0279. The van der Waals surface area contributed by atoms with E-state index in [1.165, 1.54) is 45.3 Å². The lowest BCUT2D eigenvalue weighted by molar-refractivity contribution is -0.150. The Morgan fingerprint density at radius 3 is 2.38 bits per heavy atom. The van der Waals surface area contributed by atoms with Gasteiger partial charge in [0, 0.05) is 32.7 Å². The summed E-state index contributed by atoms with van der Waals surface area (Å²) in [6, 6.07) is 0. The number of amides is 1. The van der Waals surface area contributed by atoms with E-state index in [-0.39, 0.29) is 17.6 Å². The number of carbonyl (C=O) groups excluding carboxylic acids is 1. The fourth-order valence-corrected chi connectivity index (χ4v) is 4.31. The van der Waals surface area contributed by atoms with E-state index in [1.54, 1.807) is 0 Å². The van der Waals surface area contributed by atoms with Gasteiger partial charge in [-0.05, 0) is 57.3 Å². The molecule has 0 radical (unpaired) electrons. The van der Waals surface area contributed by atoms with E-state index in [0.717, 1.165) is 44.7 Å². The Kier molecular flexibility index (Phi) is 3.70. The molecule has 118 valence electrons. The molecule has 0 aromatic heterocycles. The second-order valence-corrected chi connectivity index (χ2v) is 7.60. The number of hydrogen-bond acceptors (Lipinski definition) is 3. The zero-order valence-electron chi connectivity index (χ0n) is 13.1. The molecule has 3 heterocycles. The topological polar surface area (TPSA) is 32.8 Å². The third-order valence-corrected chi connectivity index (χ3v) is 5.93. The number of rotatable bonds is 3. The molecule has 1 spiro atoms. The van der Waals surface area contributed by atoms with E-state index in [1.807, 2.05) is 4.90 Å². The predicted octanol–water partition coefficient (Wildman–Crippen LogP) is 2.03.